The van der Waals surface area contributed by atoms with Crippen molar-refractivity contribution in [3.8, 4) is 0 Å². The van der Waals surface area contributed by atoms with Gasteiger partial charge in [-0.3, -0.25) is 0 Å². The largest absolute Gasteiger partial charge is 0.500 e. The van der Waals surface area contributed by atoms with Crippen LogP contribution >= 0.6 is 10.0 Å². The molecule has 6 nitrogen and oxygen atoms in total. The van der Waals surface area contributed by atoms with Crippen LogP contribution in [0.5, 0.6) is 0 Å². The second kappa shape index (κ2) is 13.2. The molecule has 0 spiro atoms. The summed E-state index contributed by atoms with van der Waals surface area (Å²) >= 11 is 0. The van der Waals surface area contributed by atoms with Gasteiger partial charge in [-0.25, -0.2) is 25.3 Å². The van der Waals surface area contributed by atoms with E-state index in [2.05, 4.69) is 0 Å². The molecular formula is C34H39F9O6S4. The molecule has 53 heavy (non-hydrogen) atoms. The first kappa shape index (κ1) is 44.6. The van der Waals surface area contributed by atoms with Crippen LogP contribution in [0, 0.1) is 0 Å². The molecule has 0 fully saturated rings. The predicted molar refractivity (Wildman–Crippen MR) is 185 cm³/mol. The van der Waals surface area contributed by atoms with E-state index in [0.29, 0.717) is 36.4 Å². The van der Waals surface area contributed by atoms with Crippen LogP contribution in [0.15, 0.2) is 87.5 Å². The third-order valence-electron chi connectivity index (χ3n) is 8.50. The van der Waals surface area contributed by atoms with Crippen LogP contribution in [0.2, 0.25) is 0 Å². The fourth-order valence-electron chi connectivity index (χ4n) is 5.67. The fraction of sp³-hybridized carbons (Fsp3) is 0.471. The molecule has 0 atom stereocenters. The Morgan fingerprint density at radius 1 is 0.340 bits per heavy atom. The topological polar surface area (TPSA) is 102 Å². The summed E-state index contributed by atoms with van der Waals surface area (Å²) in [6, 6.07) is 10.2. The van der Waals surface area contributed by atoms with E-state index in [4.69, 9.17) is 0 Å². The number of hydrogen-bond donors (Lipinski definition) is 0. The van der Waals surface area contributed by atoms with Crippen molar-refractivity contribution < 1.29 is 64.8 Å². The average molecular weight is 843 g/mol. The van der Waals surface area contributed by atoms with Crippen molar-refractivity contribution in [3.63, 3.8) is 0 Å². The van der Waals surface area contributed by atoms with E-state index >= 15 is 39.5 Å². The molecule has 0 saturated heterocycles. The Hall–Kier alpha value is -2.77. The summed E-state index contributed by atoms with van der Waals surface area (Å²) in [4.78, 5) is -3.53. The van der Waals surface area contributed by atoms with Gasteiger partial charge in [0.1, 0.15) is 0 Å². The van der Waals surface area contributed by atoms with Gasteiger partial charge in [-0.05, 0) is 69.3 Å². The van der Waals surface area contributed by atoms with Crippen LogP contribution in [0.25, 0.3) is 0 Å². The summed E-state index contributed by atoms with van der Waals surface area (Å²) in [6.45, 7) is 14.5. The summed E-state index contributed by atoms with van der Waals surface area (Å²) in [5.41, 5.74) is -23.8. The number of halogens is 9. The van der Waals surface area contributed by atoms with E-state index in [1.165, 1.54) is 0 Å². The quantitative estimate of drug-likeness (QED) is 0.220. The van der Waals surface area contributed by atoms with Crippen molar-refractivity contribution in [3.05, 3.63) is 89.5 Å². The molecule has 0 aliphatic heterocycles. The maximum absolute atomic E-state index is 15.1. The standard InChI is InChI=1S/C34H39F9O6S4/c1-28(2,3)22-10-16-25(17-11-22)50(26-18-12-23(13-19-26)29(4,5)6,27-20-14-24(15-21-27)30(7,8)9)34(51(44,45)31(35,36)37,52(46,47)32(38,39)40)53(48,49)33(41,42)43/h10-21H,1-9H3. The molecule has 0 heterocycles. The van der Waals surface area contributed by atoms with Gasteiger partial charge in [0.05, 0.1) is 0 Å². The highest BCUT2D eigenvalue weighted by molar-refractivity contribution is 8.55. The predicted octanol–water partition coefficient (Wildman–Crippen LogP) is 10.3. The molecule has 0 aliphatic carbocycles. The Labute approximate surface area is 305 Å². The maximum Gasteiger partial charge on any atom is 0.500 e. The lowest BCUT2D eigenvalue weighted by atomic mass is 9.87. The van der Waals surface area contributed by atoms with Gasteiger partial charge in [0, 0.05) is 14.7 Å². The van der Waals surface area contributed by atoms with E-state index in [1.807, 2.05) is 0 Å². The Balaban J connectivity index is 3.12. The molecule has 3 aromatic rings. The van der Waals surface area contributed by atoms with Gasteiger partial charge in [-0.15, -0.1) is 10.0 Å². The number of sulfone groups is 3. The van der Waals surface area contributed by atoms with Crippen LogP contribution in [0.3, 0.4) is 0 Å². The fourth-order valence-corrected chi connectivity index (χ4v) is 22.4. The Kier molecular flexibility index (Phi) is 11.1. The highest BCUT2D eigenvalue weighted by atomic mass is 32.4. The van der Waals surface area contributed by atoms with Gasteiger partial charge >= 0.3 is 19.3 Å². The van der Waals surface area contributed by atoms with Crippen LogP contribution in [-0.2, 0) is 45.8 Å². The number of alkyl halides is 9. The smallest absolute Gasteiger partial charge is 0.216 e. The van der Waals surface area contributed by atoms with Crippen LogP contribution in [-0.4, -0.2) is 44.5 Å². The van der Waals surface area contributed by atoms with Gasteiger partial charge < -0.3 is 0 Å². The van der Waals surface area contributed by atoms with Gasteiger partial charge in [-0.2, -0.15) is 39.5 Å². The maximum atomic E-state index is 15.1. The van der Waals surface area contributed by atoms with E-state index in [9.17, 15) is 25.3 Å². The molecule has 0 aliphatic rings. The van der Waals surface area contributed by atoms with Crippen molar-refractivity contribution in [2.24, 2.45) is 0 Å². The summed E-state index contributed by atoms with van der Waals surface area (Å²) in [5, 5.41) is 0. The Bertz CT molecular complexity index is 1900. The lowest BCUT2D eigenvalue weighted by molar-refractivity contribution is -0.0498. The van der Waals surface area contributed by atoms with E-state index < -0.39 is 89.7 Å². The van der Waals surface area contributed by atoms with Crippen LogP contribution in [0.1, 0.15) is 79.0 Å². The zero-order valence-corrected chi connectivity index (χ0v) is 33.2. The SMILES string of the molecule is CC(C)(C)c1ccc(S(c2ccc(C(C)(C)C)cc2)(c2ccc(C(C)(C)C)cc2)C(S(=O)(=O)C(F)(F)F)(S(=O)(=O)C(F)(F)F)S(=O)(=O)C(F)(F)F)cc1. The van der Waals surface area contributed by atoms with Crippen LogP contribution in [0.4, 0.5) is 39.5 Å². The van der Waals surface area contributed by atoms with Gasteiger partial charge in [0.2, 0.25) is 0 Å². The third kappa shape index (κ3) is 6.89. The van der Waals surface area contributed by atoms with E-state index in [-0.39, 0.29) is 16.7 Å². The van der Waals surface area contributed by atoms with Crippen molar-refractivity contribution >= 4 is 39.5 Å². The molecule has 0 amide bonds. The molecule has 0 unspecified atom stereocenters. The minimum Gasteiger partial charge on any atom is -0.216 e. The summed E-state index contributed by atoms with van der Waals surface area (Å²) in [5.74, 6) is 0. The van der Waals surface area contributed by atoms with Crippen molar-refractivity contribution in [2.45, 2.75) is 113 Å². The first-order valence-corrected chi connectivity index (χ1v) is 21.5. The van der Waals surface area contributed by atoms with Crippen molar-refractivity contribution in [1.82, 2.24) is 0 Å². The summed E-state index contributed by atoms with van der Waals surface area (Å²) < 4.78 is 213. The highest BCUT2D eigenvalue weighted by Crippen LogP contribution is 2.82. The Morgan fingerprint density at radius 2 is 0.509 bits per heavy atom. The van der Waals surface area contributed by atoms with Crippen LogP contribution < -0.4 is 0 Å². The molecule has 0 radical (unpaired) electrons. The highest BCUT2D eigenvalue weighted by Gasteiger charge is 2.89. The molecule has 0 N–H and O–H groups in total. The van der Waals surface area contributed by atoms with Crippen molar-refractivity contribution in [1.29, 1.82) is 0 Å². The normalized spacial score (nSPS) is 15.4. The minimum atomic E-state index is -8.68. The zero-order chi connectivity index (χ0) is 41.4. The average Bonchev–Trinajstić information content (AvgIpc) is 2.96. The molecule has 0 saturated carbocycles. The first-order valence-electron chi connectivity index (χ1n) is 15.5. The Morgan fingerprint density at radius 3 is 0.642 bits per heavy atom. The molecule has 0 bridgehead atoms. The molecule has 0 aromatic heterocycles. The number of hydrogen-bond acceptors (Lipinski definition) is 6. The van der Waals surface area contributed by atoms with Gasteiger partial charge in [0.15, 0.2) is 0 Å². The van der Waals surface area contributed by atoms with Gasteiger partial charge in [0.25, 0.3) is 29.5 Å². The molecule has 298 valence electrons. The number of benzene rings is 3. The monoisotopic (exact) mass is 842 g/mol. The zero-order valence-electron chi connectivity index (χ0n) is 29.9. The lowest BCUT2D eigenvalue weighted by Gasteiger charge is -2.52. The first-order chi connectivity index (χ1) is 23.4. The molecule has 19 heteroatoms. The van der Waals surface area contributed by atoms with Gasteiger partial charge in [-0.1, -0.05) is 98.7 Å². The van der Waals surface area contributed by atoms with Crippen molar-refractivity contribution in [2.75, 3.05) is 0 Å². The molecule has 3 aromatic carbocycles. The molecular weight excluding hydrogens is 804 g/mol. The number of rotatable bonds is 7. The lowest BCUT2D eigenvalue weighted by Crippen LogP contribution is -2.65. The molecule has 3 rings (SSSR count). The van der Waals surface area contributed by atoms with E-state index in [1.54, 1.807) is 62.3 Å². The summed E-state index contributed by atoms with van der Waals surface area (Å²) in [7, 11) is -32.1. The van der Waals surface area contributed by atoms with E-state index in [0.717, 1.165) is 36.4 Å². The summed E-state index contributed by atoms with van der Waals surface area (Å²) in [6.07, 6.45) is 0. The second-order valence-electron chi connectivity index (χ2n) is 15.3. The minimum absolute atomic E-state index is 0.266. The second-order valence-corrected chi connectivity index (χ2v) is 26.3. The third-order valence-corrected chi connectivity index (χ3v) is 24.2.